The van der Waals surface area contributed by atoms with Crippen molar-refractivity contribution in [1.29, 1.82) is 0 Å². The van der Waals surface area contributed by atoms with E-state index in [1.165, 1.54) is 12.1 Å². The molecule has 1 aromatic heterocycles. The molecule has 0 aliphatic rings. The van der Waals surface area contributed by atoms with Gasteiger partial charge < -0.3 is 4.90 Å². The maximum Gasteiger partial charge on any atom is 0.254 e. The first-order chi connectivity index (χ1) is 16.7. The predicted molar refractivity (Wildman–Crippen MR) is 149 cm³/mol. The Balaban J connectivity index is 1.54. The average molecular weight is 606 g/mol. The van der Waals surface area contributed by atoms with Crippen LogP contribution in [0.1, 0.15) is 21.5 Å². The molecular formula is C25H21BrN2O3S4. The number of sulfonamides is 1. The number of carbonyl (C=O) groups is 1. The molecular weight excluding hydrogens is 584 g/mol. The molecule has 0 saturated heterocycles. The van der Waals surface area contributed by atoms with E-state index < -0.39 is 10.0 Å². The summed E-state index contributed by atoms with van der Waals surface area (Å²) in [5, 5.41) is 7.22. The van der Waals surface area contributed by atoms with Gasteiger partial charge in [0.15, 0.2) is 0 Å². The van der Waals surface area contributed by atoms with Gasteiger partial charge in [-0.3, -0.25) is 4.79 Å². The van der Waals surface area contributed by atoms with Crippen molar-refractivity contribution in [3.8, 4) is 11.1 Å². The molecule has 180 valence electrons. The van der Waals surface area contributed by atoms with Gasteiger partial charge in [-0.1, -0.05) is 85.2 Å². The Hall–Kier alpha value is -2.21. The van der Waals surface area contributed by atoms with Gasteiger partial charge in [0.05, 0.1) is 4.90 Å². The molecule has 0 aliphatic carbocycles. The molecule has 0 unspecified atom stereocenters. The molecule has 0 saturated carbocycles. The SMILES string of the molecule is NS(=O)(=O)c1ccc(CCN(Cc2ccc(Br)cc2)C(=O)c2ccc(-c3cssc3=S)cc2)cc1. The minimum atomic E-state index is -3.74. The van der Waals surface area contributed by atoms with E-state index in [-0.39, 0.29) is 10.8 Å². The summed E-state index contributed by atoms with van der Waals surface area (Å²) in [4.78, 5) is 15.4. The van der Waals surface area contributed by atoms with Crippen molar-refractivity contribution in [2.75, 3.05) is 6.54 Å². The number of amides is 1. The van der Waals surface area contributed by atoms with Gasteiger partial charge in [-0.2, -0.15) is 0 Å². The normalized spacial score (nSPS) is 11.4. The monoisotopic (exact) mass is 604 g/mol. The standard InChI is InChI=1S/C25H21BrN2O3S4/c26-21-9-1-18(2-10-21)15-28(14-13-17-3-11-22(12-4-17)35(27,30)31)24(29)20-7-5-19(6-8-20)23-16-33-34-25(23)32/h1-12,16H,13-15H2,(H2,27,30,31). The summed E-state index contributed by atoms with van der Waals surface area (Å²) in [7, 11) is -0.576. The predicted octanol–water partition coefficient (Wildman–Crippen LogP) is 6.50. The number of primary sulfonamides is 1. The molecule has 0 radical (unpaired) electrons. The molecule has 0 aliphatic heterocycles. The van der Waals surface area contributed by atoms with Crippen molar-refractivity contribution in [2.24, 2.45) is 5.14 Å². The van der Waals surface area contributed by atoms with Crippen LogP contribution in [0.3, 0.4) is 0 Å². The lowest BCUT2D eigenvalue weighted by Gasteiger charge is -2.23. The number of nitrogens with zero attached hydrogens (tertiary/aromatic N) is 1. The Morgan fingerprint density at radius 1 is 0.943 bits per heavy atom. The highest BCUT2D eigenvalue weighted by Gasteiger charge is 2.17. The first kappa shape index (κ1) is 25.9. The lowest BCUT2D eigenvalue weighted by Crippen LogP contribution is -2.32. The van der Waals surface area contributed by atoms with Crippen LogP contribution < -0.4 is 5.14 Å². The molecule has 1 heterocycles. The lowest BCUT2D eigenvalue weighted by molar-refractivity contribution is 0.0745. The third-order valence-corrected chi connectivity index (χ3v) is 9.57. The summed E-state index contributed by atoms with van der Waals surface area (Å²) in [5.41, 5.74) is 4.54. The van der Waals surface area contributed by atoms with Crippen LogP contribution in [-0.2, 0) is 23.0 Å². The molecule has 35 heavy (non-hydrogen) atoms. The van der Waals surface area contributed by atoms with Crippen LogP contribution in [0.5, 0.6) is 0 Å². The van der Waals surface area contributed by atoms with E-state index in [1.807, 2.05) is 53.9 Å². The van der Waals surface area contributed by atoms with Crippen molar-refractivity contribution in [2.45, 2.75) is 17.9 Å². The fourth-order valence-electron chi connectivity index (χ4n) is 3.54. The van der Waals surface area contributed by atoms with Crippen LogP contribution in [0.2, 0.25) is 0 Å². The van der Waals surface area contributed by atoms with Gasteiger partial charge in [-0.05, 0) is 59.5 Å². The molecule has 10 heteroatoms. The van der Waals surface area contributed by atoms with E-state index in [9.17, 15) is 13.2 Å². The minimum absolute atomic E-state index is 0.0674. The molecule has 1 amide bonds. The van der Waals surface area contributed by atoms with Crippen LogP contribution >= 0.6 is 48.8 Å². The van der Waals surface area contributed by atoms with Gasteiger partial charge >= 0.3 is 0 Å². The van der Waals surface area contributed by atoms with Crippen molar-refractivity contribution in [1.82, 2.24) is 4.90 Å². The smallest absolute Gasteiger partial charge is 0.254 e. The maximum absolute atomic E-state index is 13.5. The third-order valence-electron chi connectivity index (χ3n) is 5.45. The molecule has 3 aromatic carbocycles. The minimum Gasteiger partial charge on any atom is -0.334 e. The number of rotatable bonds is 8. The fraction of sp³-hybridized carbons (Fsp3) is 0.120. The molecule has 2 N–H and O–H groups in total. The number of halogens is 1. The number of nitrogens with two attached hydrogens (primary N) is 1. The molecule has 5 nitrogen and oxygen atoms in total. The van der Waals surface area contributed by atoms with Gasteiger partial charge in [-0.25, -0.2) is 13.6 Å². The summed E-state index contributed by atoms with van der Waals surface area (Å²) < 4.78 is 24.9. The molecule has 4 rings (SSSR count). The van der Waals surface area contributed by atoms with Crippen molar-refractivity contribution in [3.05, 3.63) is 103 Å². The Kier molecular flexibility index (Phi) is 8.31. The average Bonchev–Trinajstić information content (AvgIpc) is 3.28. The molecule has 0 spiro atoms. The van der Waals surface area contributed by atoms with Crippen LogP contribution in [0, 0.1) is 3.82 Å². The van der Waals surface area contributed by atoms with E-state index in [0.717, 1.165) is 30.6 Å². The number of carbonyl (C=O) groups excluding carboxylic acids is 1. The van der Waals surface area contributed by atoms with Gasteiger partial charge in [0.1, 0.15) is 3.82 Å². The first-order valence-electron chi connectivity index (χ1n) is 10.5. The zero-order chi connectivity index (χ0) is 25.0. The number of hydrogen-bond donors (Lipinski definition) is 1. The first-order valence-corrected chi connectivity index (χ1v) is 15.5. The zero-order valence-electron chi connectivity index (χ0n) is 18.4. The molecule has 0 bridgehead atoms. The molecule has 0 fully saturated rings. The van der Waals surface area contributed by atoms with Crippen LogP contribution in [-0.4, -0.2) is 25.8 Å². The second-order valence-corrected chi connectivity index (χ2v) is 13.1. The van der Waals surface area contributed by atoms with Crippen LogP contribution in [0.25, 0.3) is 11.1 Å². The highest BCUT2D eigenvalue weighted by molar-refractivity contribution is 9.10. The van der Waals surface area contributed by atoms with E-state index in [0.29, 0.717) is 25.1 Å². The van der Waals surface area contributed by atoms with Crippen molar-refractivity contribution in [3.63, 3.8) is 0 Å². The quantitative estimate of drug-likeness (QED) is 0.184. The topological polar surface area (TPSA) is 80.5 Å². The summed E-state index contributed by atoms with van der Waals surface area (Å²) >= 11 is 8.84. The Morgan fingerprint density at radius 3 is 2.14 bits per heavy atom. The maximum atomic E-state index is 13.5. The van der Waals surface area contributed by atoms with Gasteiger partial charge in [0, 0.05) is 34.1 Å². The summed E-state index contributed by atoms with van der Waals surface area (Å²) in [6.45, 7) is 0.916. The number of benzene rings is 3. The Labute approximate surface area is 225 Å². The third kappa shape index (κ3) is 6.72. The van der Waals surface area contributed by atoms with E-state index in [4.69, 9.17) is 17.4 Å². The lowest BCUT2D eigenvalue weighted by atomic mass is 10.1. The van der Waals surface area contributed by atoms with E-state index in [1.54, 1.807) is 37.7 Å². The summed E-state index contributed by atoms with van der Waals surface area (Å²) in [6.07, 6.45) is 0.570. The summed E-state index contributed by atoms with van der Waals surface area (Å²) in [6, 6.07) is 21.8. The van der Waals surface area contributed by atoms with Gasteiger partial charge in [0.25, 0.3) is 5.91 Å². The molecule has 4 aromatic rings. The largest absolute Gasteiger partial charge is 0.334 e. The Bertz CT molecular complexity index is 1480. The van der Waals surface area contributed by atoms with E-state index in [2.05, 4.69) is 15.9 Å². The second kappa shape index (κ2) is 11.2. The van der Waals surface area contributed by atoms with Gasteiger partial charge in [-0.15, -0.1) is 0 Å². The second-order valence-electron chi connectivity index (χ2n) is 7.87. The fourth-order valence-corrected chi connectivity index (χ4v) is 6.72. The van der Waals surface area contributed by atoms with Gasteiger partial charge in [0.2, 0.25) is 10.0 Å². The Morgan fingerprint density at radius 2 is 1.57 bits per heavy atom. The molecule has 0 atom stereocenters. The van der Waals surface area contributed by atoms with Crippen LogP contribution in [0.4, 0.5) is 0 Å². The van der Waals surface area contributed by atoms with Crippen molar-refractivity contribution >= 4 is 64.8 Å². The zero-order valence-corrected chi connectivity index (χ0v) is 23.2. The van der Waals surface area contributed by atoms with E-state index >= 15 is 0 Å². The summed E-state index contributed by atoms with van der Waals surface area (Å²) in [5.74, 6) is -0.0765. The highest BCUT2D eigenvalue weighted by Crippen LogP contribution is 2.28. The number of hydrogen-bond acceptors (Lipinski definition) is 6. The van der Waals surface area contributed by atoms with Crippen molar-refractivity contribution < 1.29 is 13.2 Å². The van der Waals surface area contributed by atoms with Crippen LogP contribution in [0.15, 0.2) is 87.5 Å². The highest BCUT2D eigenvalue weighted by atomic mass is 79.9.